The zero-order valence-electron chi connectivity index (χ0n) is 15.0. The molecule has 0 fully saturated rings. The minimum atomic E-state index is -0.694. The Balaban J connectivity index is 1.65. The molecule has 28 heavy (non-hydrogen) atoms. The predicted octanol–water partition coefficient (Wildman–Crippen LogP) is 4.84. The monoisotopic (exact) mass is 422 g/mol. The highest BCUT2D eigenvalue weighted by Gasteiger charge is 2.13. The molecule has 1 amide bonds. The Morgan fingerprint density at radius 2 is 2.00 bits per heavy atom. The number of benzene rings is 2. The van der Waals surface area contributed by atoms with Crippen LogP contribution in [0.4, 0.5) is 13.9 Å². The van der Waals surface area contributed by atoms with Crippen LogP contribution in [0.5, 0.6) is 11.5 Å². The van der Waals surface area contributed by atoms with E-state index in [1.807, 2.05) is 6.07 Å². The van der Waals surface area contributed by atoms with Crippen molar-refractivity contribution in [3.05, 3.63) is 53.4 Å². The maximum absolute atomic E-state index is 13.6. The number of nitrogens with zero attached hydrogens (tertiary/aromatic N) is 1. The number of ether oxygens (including phenoxy) is 2. The maximum atomic E-state index is 13.6. The molecule has 1 N–H and O–H groups in total. The molecular weight excluding hydrogens is 406 g/mol. The molecule has 1 aromatic heterocycles. The second kappa shape index (κ2) is 9.03. The van der Waals surface area contributed by atoms with Crippen molar-refractivity contribution in [2.75, 3.05) is 25.3 Å². The summed E-state index contributed by atoms with van der Waals surface area (Å²) in [6, 6.07) is 8.62. The third-order valence-electron chi connectivity index (χ3n) is 3.69. The number of aromatic nitrogens is 1. The lowest BCUT2D eigenvalue weighted by molar-refractivity contribution is -0.113. The van der Waals surface area contributed by atoms with Crippen LogP contribution in [0.25, 0.3) is 11.3 Å². The van der Waals surface area contributed by atoms with Crippen molar-refractivity contribution in [1.29, 1.82) is 0 Å². The van der Waals surface area contributed by atoms with Crippen molar-refractivity contribution in [1.82, 2.24) is 4.98 Å². The number of nitrogens with one attached hydrogen (secondary N) is 1. The van der Waals surface area contributed by atoms with Gasteiger partial charge in [-0.2, -0.15) is 0 Å². The summed E-state index contributed by atoms with van der Waals surface area (Å²) in [5, 5.41) is 4.89. The summed E-state index contributed by atoms with van der Waals surface area (Å²) in [5.74, 6) is -0.448. The molecular formula is C19H16F2N2O3S2. The summed E-state index contributed by atoms with van der Waals surface area (Å²) in [4.78, 5) is 16.7. The smallest absolute Gasteiger partial charge is 0.236 e. The molecule has 3 aromatic rings. The van der Waals surface area contributed by atoms with Gasteiger partial charge in [0, 0.05) is 28.0 Å². The van der Waals surface area contributed by atoms with Gasteiger partial charge in [-0.15, -0.1) is 23.1 Å². The molecule has 0 bridgehead atoms. The molecule has 9 heteroatoms. The second-order valence-electron chi connectivity index (χ2n) is 5.52. The minimum absolute atomic E-state index is 0.0245. The average Bonchev–Trinajstić information content (AvgIpc) is 3.14. The highest BCUT2D eigenvalue weighted by molar-refractivity contribution is 8.00. The molecule has 0 spiro atoms. The van der Waals surface area contributed by atoms with E-state index in [9.17, 15) is 13.6 Å². The van der Waals surface area contributed by atoms with Crippen LogP contribution < -0.4 is 14.8 Å². The van der Waals surface area contributed by atoms with Gasteiger partial charge >= 0.3 is 0 Å². The van der Waals surface area contributed by atoms with Crippen LogP contribution >= 0.6 is 23.1 Å². The number of halogens is 2. The summed E-state index contributed by atoms with van der Waals surface area (Å²) in [6.07, 6.45) is 0. The number of amides is 1. The summed E-state index contributed by atoms with van der Waals surface area (Å²) in [6.45, 7) is 0. The molecule has 146 valence electrons. The van der Waals surface area contributed by atoms with E-state index in [1.54, 1.807) is 31.7 Å². The van der Waals surface area contributed by atoms with Crippen LogP contribution in [0, 0.1) is 11.6 Å². The predicted molar refractivity (Wildman–Crippen MR) is 106 cm³/mol. The lowest BCUT2D eigenvalue weighted by Gasteiger charge is -2.08. The summed E-state index contributed by atoms with van der Waals surface area (Å²) in [7, 11) is 3.12. The van der Waals surface area contributed by atoms with Crippen molar-refractivity contribution in [3.8, 4) is 22.8 Å². The summed E-state index contributed by atoms with van der Waals surface area (Å²) < 4.78 is 37.1. The summed E-state index contributed by atoms with van der Waals surface area (Å²) >= 11 is 2.25. The first-order valence-corrected chi connectivity index (χ1v) is 9.92. The van der Waals surface area contributed by atoms with Crippen molar-refractivity contribution in [3.63, 3.8) is 0 Å². The first kappa shape index (κ1) is 20.1. The second-order valence-corrected chi connectivity index (χ2v) is 7.39. The first-order chi connectivity index (χ1) is 13.5. The van der Waals surface area contributed by atoms with Crippen LogP contribution in [0.1, 0.15) is 0 Å². The molecule has 0 aliphatic carbocycles. The SMILES string of the molecule is COc1ccc(-c2csc(NC(=O)CSc3ccc(F)cc3F)n2)c(OC)c1. The average molecular weight is 422 g/mol. The van der Waals surface area contributed by atoms with Crippen LogP contribution in [0.15, 0.2) is 46.7 Å². The topological polar surface area (TPSA) is 60.5 Å². The normalized spacial score (nSPS) is 10.6. The minimum Gasteiger partial charge on any atom is -0.497 e. The Kier molecular flexibility index (Phi) is 6.48. The van der Waals surface area contributed by atoms with E-state index in [1.165, 1.54) is 17.4 Å². The number of anilines is 1. The molecule has 2 aromatic carbocycles. The van der Waals surface area contributed by atoms with E-state index in [0.717, 1.165) is 29.5 Å². The van der Waals surface area contributed by atoms with E-state index in [0.29, 0.717) is 22.3 Å². The zero-order valence-corrected chi connectivity index (χ0v) is 16.6. The van der Waals surface area contributed by atoms with Crippen molar-refractivity contribution in [2.24, 2.45) is 0 Å². The number of hydrogen-bond acceptors (Lipinski definition) is 6. The fourth-order valence-corrected chi connectivity index (χ4v) is 3.80. The molecule has 0 atom stereocenters. The molecule has 0 aliphatic heterocycles. The van der Waals surface area contributed by atoms with E-state index < -0.39 is 11.6 Å². The molecule has 0 unspecified atom stereocenters. The van der Waals surface area contributed by atoms with Crippen LogP contribution in [0.3, 0.4) is 0 Å². The van der Waals surface area contributed by atoms with Crippen LogP contribution in [-0.2, 0) is 4.79 Å². The van der Waals surface area contributed by atoms with Gasteiger partial charge in [-0.1, -0.05) is 0 Å². The molecule has 0 saturated carbocycles. The Morgan fingerprint density at radius 3 is 2.71 bits per heavy atom. The molecule has 5 nitrogen and oxygen atoms in total. The quantitative estimate of drug-likeness (QED) is 0.553. The number of rotatable bonds is 7. The maximum Gasteiger partial charge on any atom is 0.236 e. The number of carbonyl (C=O) groups is 1. The zero-order chi connectivity index (χ0) is 20.1. The van der Waals surface area contributed by atoms with Gasteiger partial charge in [0.05, 0.1) is 25.7 Å². The van der Waals surface area contributed by atoms with Crippen molar-refractivity contribution < 1.29 is 23.0 Å². The van der Waals surface area contributed by atoms with Gasteiger partial charge in [-0.3, -0.25) is 4.79 Å². The van der Waals surface area contributed by atoms with Gasteiger partial charge in [0.1, 0.15) is 23.1 Å². The van der Waals surface area contributed by atoms with E-state index in [4.69, 9.17) is 9.47 Å². The van der Waals surface area contributed by atoms with Gasteiger partial charge in [-0.25, -0.2) is 13.8 Å². The van der Waals surface area contributed by atoms with Crippen LogP contribution in [0.2, 0.25) is 0 Å². The molecule has 0 radical (unpaired) electrons. The summed E-state index contributed by atoms with van der Waals surface area (Å²) in [5.41, 5.74) is 1.42. The van der Waals surface area contributed by atoms with E-state index >= 15 is 0 Å². The number of carbonyl (C=O) groups excluding carboxylic acids is 1. The van der Waals surface area contributed by atoms with Crippen LogP contribution in [-0.4, -0.2) is 30.9 Å². The molecule has 3 rings (SSSR count). The largest absolute Gasteiger partial charge is 0.497 e. The van der Waals surface area contributed by atoms with Crippen molar-refractivity contribution >= 4 is 34.1 Å². The van der Waals surface area contributed by atoms with Gasteiger partial charge in [0.25, 0.3) is 0 Å². The fourth-order valence-electron chi connectivity index (χ4n) is 2.36. The fraction of sp³-hybridized carbons (Fsp3) is 0.158. The Labute approximate surface area is 168 Å². The number of thiazole rings is 1. The first-order valence-electron chi connectivity index (χ1n) is 8.05. The standard InChI is InChI=1S/C19H16F2N2O3S2/c1-25-12-4-5-13(16(8-12)26-2)15-9-28-19(22-15)23-18(24)10-27-17-6-3-11(20)7-14(17)21/h3-9H,10H2,1-2H3,(H,22,23,24). The van der Waals surface area contributed by atoms with Gasteiger partial charge in [0.15, 0.2) is 5.13 Å². The Morgan fingerprint density at radius 1 is 1.18 bits per heavy atom. The lowest BCUT2D eigenvalue weighted by atomic mass is 10.1. The van der Waals surface area contributed by atoms with Crippen molar-refractivity contribution in [2.45, 2.75) is 4.90 Å². The third-order valence-corrected chi connectivity index (χ3v) is 5.49. The Bertz CT molecular complexity index is 995. The van der Waals surface area contributed by atoms with E-state index in [2.05, 4.69) is 10.3 Å². The number of methoxy groups -OCH3 is 2. The van der Waals surface area contributed by atoms with Gasteiger partial charge in [-0.05, 0) is 24.3 Å². The molecule has 0 aliphatic rings. The molecule has 1 heterocycles. The third kappa shape index (κ3) is 4.79. The Hall–Kier alpha value is -2.65. The van der Waals surface area contributed by atoms with Gasteiger partial charge in [0.2, 0.25) is 5.91 Å². The molecule has 0 saturated heterocycles. The van der Waals surface area contributed by atoms with Gasteiger partial charge < -0.3 is 14.8 Å². The highest BCUT2D eigenvalue weighted by atomic mass is 32.2. The number of thioether (sulfide) groups is 1. The lowest BCUT2D eigenvalue weighted by Crippen LogP contribution is -2.13. The van der Waals surface area contributed by atoms with E-state index in [-0.39, 0.29) is 16.6 Å². The highest BCUT2D eigenvalue weighted by Crippen LogP contribution is 2.35. The number of hydrogen-bond donors (Lipinski definition) is 1.